The molecule has 10 heteroatoms. The number of carbonyl (C=O) groups is 2. The number of rotatable bonds is 10. The van der Waals surface area contributed by atoms with Gasteiger partial charge in [0.05, 0.1) is 24.9 Å². The van der Waals surface area contributed by atoms with Crippen LogP contribution in [0.4, 0.5) is 0 Å². The van der Waals surface area contributed by atoms with E-state index in [4.69, 9.17) is 14.2 Å². The molecule has 0 saturated heterocycles. The van der Waals surface area contributed by atoms with Crippen LogP contribution in [0.15, 0.2) is 74.7 Å². The second-order valence-corrected chi connectivity index (χ2v) is 9.38. The van der Waals surface area contributed by atoms with Crippen molar-refractivity contribution in [1.29, 1.82) is 0 Å². The van der Waals surface area contributed by atoms with Crippen molar-refractivity contribution < 1.29 is 23.8 Å². The molecule has 0 spiro atoms. The summed E-state index contributed by atoms with van der Waals surface area (Å²) in [6.45, 7) is 1.94. The number of ether oxygens (including phenoxy) is 3. The van der Waals surface area contributed by atoms with Crippen molar-refractivity contribution in [3.63, 3.8) is 0 Å². The molecule has 0 heterocycles. The van der Waals surface area contributed by atoms with Crippen molar-refractivity contribution in [2.45, 2.75) is 19.6 Å². The van der Waals surface area contributed by atoms with Crippen molar-refractivity contribution in [2.75, 3.05) is 14.2 Å². The quantitative estimate of drug-likeness (QED) is 0.244. The number of carbonyl (C=O) groups excluding carboxylic acids is 2. The first kappa shape index (κ1) is 27.2. The molecule has 0 radical (unpaired) electrons. The Labute approximate surface area is 226 Å². The zero-order chi connectivity index (χ0) is 26.1. The molecule has 1 unspecified atom stereocenters. The third-order valence-electron chi connectivity index (χ3n) is 5.03. The summed E-state index contributed by atoms with van der Waals surface area (Å²) in [5.74, 6) is 0.857. The Morgan fingerprint density at radius 2 is 1.69 bits per heavy atom. The van der Waals surface area contributed by atoms with Gasteiger partial charge in [0.1, 0.15) is 18.4 Å². The van der Waals surface area contributed by atoms with Crippen LogP contribution in [0.25, 0.3) is 0 Å². The van der Waals surface area contributed by atoms with Crippen molar-refractivity contribution >= 4 is 49.9 Å². The molecule has 0 aromatic heterocycles. The monoisotopic (exact) mass is 617 g/mol. The number of benzene rings is 3. The average molecular weight is 619 g/mol. The molecular formula is C26H25Br2N3O5. The van der Waals surface area contributed by atoms with Crippen LogP contribution in [0.5, 0.6) is 17.2 Å². The van der Waals surface area contributed by atoms with Crippen LogP contribution in [0, 0.1) is 0 Å². The maximum absolute atomic E-state index is 12.4. The van der Waals surface area contributed by atoms with Gasteiger partial charge in [-0.1, -0.05) is 28.1 Å². The number of nitrogens with one attached hydrogen (secondary N) is 2. The minimum atomic E-state index is -0.799. The highest BCUT2D eigenvalue weighted by Gasteiger charge is 2.16. The highest BCUT2D eigenvalue weighted by Crippen LogP contribution is 2.37. The lowest BCUT2D eigenvalue weighted by Gasteiger charge is -2.14. The van der Waals surface area contributed by atoms with Gasteiger partial charge in [-0.05, 0) is 82.5 Å². The largest absolute Gasteiger partial charge is 0.497 e. The summed E-state index contributed by atoms with van der Waals surface area (Å²) in [7, 11) is 3.09. The number of amides is 2. The molecule has 2 amide bonds. The molecule has 2 N–H and O–H groups in total. The molecule has 0 fully saturated rings. The third kappa shape index (κ3) is 7.56. The fourth-order valence-electron chi connectivity index (χ4n) is 3.05. The van der Waals surface area contributed by atoms with E-state index in [-0.39, 0.29) is 5.91 Å². The summed E-state index contributed by atoms with van der Waals surface area (Å²) in [5.41, 5.74) is 4.53. The first-order chi connectivity index (χ1) is 17.3. The predicted octanol–water partition coefficient (Wildman–Crippen LogP) is 5.08. The Balaban J connectivity index is 1.58. The Kier molecular flexibility index (Phi) is 9.89. The molecule has 0 aliphatic rings. The first-order valence-corrected chi connectivity index (χ1v) is 12.4. The van der Waals surface area contributed by atoms with Crippen LogP contribution in [0.1, 0.15) is 28.4 Å². The van der Waals surface area contributed by atoms with Crippen LogP contribution >= 0.6 is 31.9 Å². The summed E-state index contributed by atoms with van der Waals surface area (Å²) >= 11 is 6.93. The SMILES string of the molecule is COc1ccc(C(=O)NC(C)C(=O)NN=Cc2cc(Br)c(OCc3ccc(Br)cc3)c(OC)c2)cc1. The molecule has 1 atom stereocenters. The lowest BCUT2D eigenvalue weighted by Crippen LogP contribution is -2.43. The average Bonchev–Trinajstić information content (AvgIpc) is 2.88. The zero-order valence-electron chi connectivity index (χ0n) is 19.9. The minimum Gasteiger partial charge on any atom is -0.497 e. The van der Waals surface area contributed by atoms with E-state index < -0.39 is 11.9 Å². The van der Waals surface area contributed by atoms with Crippen molar-refractivity contribution in [3.05, 3.63) is 86.3 Å². The molecule has 0 aliphatic carbocycles. The summed E-state index contributed by atoms with van der Waals surface area (Å²) in [6, 6.07) is 17.2. The van der Waals surface area contributed by atoms with E-state index in [1.54, 1.807) is 57.5 Å². The smallest absolute Gasteiger partial charge is 0.262 e. The van der Waals surface area contributed by atoms with E-state index in [9.17, 15) is 9.59 Å². The molecule has 3 aromatic rings. The van der Waals surface area contributed by atoms with Gasteiger partial charge in [-0.2, -0.15) is 5.10 Å². The van der Waals surface area contributed by atoms with Gasteiger partial charge in [-0.15, -0.1) is 0 Å². The first-order valence-electron chi connectivity index (χ1n) is 10.8. The fourth-order valence-corrected chi connectivity index (χ4v) is 3.88. The number of hydrogen-bond acceptors (Lipinski definition) is 6. The Morgan fingerprint density at radius 1 is 1.00 bits per heavy atom. The van der Waals surface area contributed by atoms with Gasteiger partial charge in [-0.25, -0.2) is 5.43 Å². The van der Waals surface area contributed by atoms with Gasteiger partial charge in [0, 0.05) is 10.0 Å². The van der Waals surface area contributed by atoms with Crippen molar-refractivity contribution in [2.24, 2.45) is 5.10 Å². The number of hydrazone groups is 1. The minimum absolute atomic E-state index is 0.367. The topological polar surface area (TPSA) is 98.2 Å². The van der Waals surface area contributed by atoms with Gasteiger partial charge in [0.2, 0.25) is 0 Å². The fraction of sp³-hybridized carbons (Fsp3) is 0.192. The predicted molar refractivity (Wildman–Crippen MR) is 145 cm³/mol. The van der Waals surface area contributed by atoms with Gasteiger partial charge in [0.25, 0.3) is 11.8 Å². The second-order valence-electron chi connectivity index (χ2n) is 7.61. The van der Waals surface area contributed by atoms with Crippen molar-refractivity contribution in [1.82, 2.24) is 10.7 Å². The third-order valence-corrected chi connectivity index (χ3v) is 6.15. The maximum atomic E-state index is 12.4. The van der Waals surface area contributed by atoms with Crippen LogP contribution in [0.3, 0.4) is 0 Å². The lowest BCUT2D eigenvalue weighted by atomic mass is 10.2. The summed E-state index contributed by atoms with van der Waals surface area (Å²) in [6.07, 6.45) is 1.47. The lowest BCUT2D eigenvalue weighted by molar-refractivity contribution is -0.122. The molecule has 0 saturated carbocycles. The molecule has 0 bridgehead atoms. The highest BCUT2D eigenvalue weighted by atomic mass is 79.9. The van der Waals surface area contributed by atoms with Gasteiger partial charge in [-0.3, -0.25) is 9.59 Å². The number of nitrogens with zero attached hydrogens (tertiary/aromatic N) is 1. The van der Waals surface area contributed by atoms with Gasteiger partial charge >= 0.3 is 0 Å². The standard InChI is InChI=1S/C26H25Br2N3O5/c1-16(30-26(33)19-6-10-21(34-2)11-7-19)25(32)31-29-14-18-12-22(28)24(23(13-18)35-3)36-15-17-4-8-20(27)9-5-17/h4-14,16H,15H2,1-3H3,(H,30,33)(H,31,32). The number of halogens is 2. The molecule has 3 rings (SSSR count). The van der Waals surface area contributed by atoms with E-state index in [1.807, 2.05) is 24.3 Å². The molecule has 0 aliphatic heterocycles. The van der Waals surface area contributed by atoms with E-state index in [2.05, 4.69) is 47.7 Å². The summed E-state index contributed by atoms with van der Waals surface area (Å²) in [5, 5.41) is 6.63. The van der Waals surface area contributed by atoms with Crippen LogP contribution in [-0.2, 0) is 11.4 Å². The highest BCUT2D eigenvalue weighted by molar-refractivity contribution is 9.10. The Bertz CT molecular complexity index is 1230. The molecule has 36 heavy (non-hydrogen) atoms. The van der Waals surface area contributed by atoms with Crippen LogP contribution < -0.4 is 25.0 Å². The number of methoxy groups -OCH3 is 2. The van der Waals surface area contributed by atoms with Crippen LogP contribution in [-0.4, -0.2) is 38.3 Å². The molecule has 3 aromatic carbocycles. The second kappa shape index (κ2) is 13.1. The Hall–Kier alpha value is -3.37. The van der Waals surface area contributed by atoms with E-state index in [0.29, 0.717) is 39.5 Å². The molecular weight excluding hydrogens is 594 g/mol. The molecule has 188 valence electrons. The van der Waals surface area contributed by atoms with E-state index in [0.717, 1.165) is 10.0 Å². The zero-order valence-corrected chi connectivity index (χ0v) is 23.1. The molecule has 8 nitrogen and oxygen atoms in total. The normalized spacial score (nSPS) is 11.6. The van der Waals surface area contributed by atoms with Gasteiger partial charge < -0.3 is 19.5 Å². The number of hydrogen-bond donors (Lipinski definition) is 2. The maximum Gasteiger partial charge on any atom is 0.262 e. The summed E-state index contributed by atoms with van der Waals surface area (Å²) < 4.78 is 18.2. The van der Waals surface area contributed by atoms with Crippen LogP contribution in [0.2, 0.25) is 0 Å². The summed E-state index contributed by atoms with van der Waals surface area (Å²) in [4.78, 5) is 24.7. The van der Waals surface area contributed by atoms with Crippen molar-refractivity contribution in [3.8, 4) is 17.2 Å². The van der Waals surface area contributed by atoms with E-state index >= 15 is 0 Å². The van der Waals surface area contributed by atoms with E-state index in [1.165, 1.54) is 6.21 Å². The Morgan fingerprint density at radius 3 is 2.33 bits per heavy atom. The van der Waals surface area contributed by atoms with Gasteiger partial charge in [0.15, 0.2) is 11.5 Å².